The van der Waals surface area contributed by atoms with Crippen LogP contribution < -0.4 is 4.74 Å². The molecule has 0 radical (unpaired) electrons. The first-order valence-corrected chi connectivity index (χ1v) is 6.94. The van der Waals surface area contributed by atoms with E-state index in [-0.39, 0.29) is 5.69 Å². The Morgan fingerprint density at radius 1 is 1.35 bits per heavy atom. The molecule has 0 aliphatic carbocycles. The number of halogens is 1. The van der Waals surface area contributed by atoms with E-state index in [9.17, 15) is 4.79 Å². The van der Waals surface area contributed by atoms with E-state index < -0.39 is 5.97 Å². The maximum absolute atomic E-state index is 11.8. The summed E-state index contributed by atoms with van der Waals surface area (Å²) in [6.45, 7) is 3.96. The summed E-state index contributed by atoms with van der Waals surface area (Å²) in [6, 6.07) is 7.43. The fourth-order valence-corrected chi connectivity index (χ4v) is 2.20. The zero-order chi connectivity index (χ0) is 14.7. The van der Waals surface area contributed by atoms with E-state index in [1.807, 2.05) is 31.2 Å². The molecule has 106 valence electrons. The summed E-state index contributed by atoms with van der Waals surface area (Å²) >= 11 is 3.39. The van der Waals surface area contributed by atoms with Gasteiger partial charge in [-0.15, -0.1) is 0 Å². The summed E-state index contributed by atoms with van der Waals surface area (Å²) < 4.78 is 12.4. The summed E-state index contributed by atoms with van der Waals surface area (Å²) in [5.74, 6) is 0.331. The largest absolute Gasteiger partial charge is 0.497 e. The number of ether oxygens (including phenoxy) is 2. The Labute approximate surface area is 125 Å². The van der Waals surface area contributed by atoms with Gasteiger partial charge in [0.2, 0.25) is 0 Å². The highest BCUT2D eigenvalue weighted by atomic mass is 79.9. The Balaban J connectivity index is 2.41. The van der Waals surface area contributed by atoms with Crippen molar-refractivity contribution < 1.29 is 14.3 Å². The van der Waals surface area contributed by atoms with Crippen LogP contribution >= 0.6 is 15.9 Å². The SMILES string of the molecule is CCOC(=O)c1nn(-c2ccc(OC)cc2)c(C)c1Br. The van der Waals surface area contributed by atoms with Gasteiger partial charge in [0.05, 0.1) is 29.6 Å². The quantitative estimate of drug-likeness (QED) is 0.803. The zero-order valence-corrected chi connectivity index (χ0v) is 13.1. The highest BCUT2D eigenvalue weighted by Crippen LogP contribution is 2.25. The van der Waals surface area contributed by atoms with E-state index in [1.54, 1.807) is 18.7 Å². The molecule has 6 heteroatoms. The number of benzene rings is 1. The van der Waals surface area contributed by atoms with Gasteiger partial charge in [-0.25, -0.2) is 9.48 Å². The van der Waals surface area contributed by atoms with Gasteiger partial charge in [0, 0.05) is 0 Å². The van der Waals surface area contributed by atoms with E-state index in [4.69, 9.17) is 9.47 Å². The van der Waals surface area contributed by atoms with Crippen LogP contribution in [0.4, 0.5) is 0 Å². The maximum atomic E-state index is 11.8. The molecule has 0 fully saturated rings. The van der Waals surface area contributed by atoms with Gasteiger partial charge in [0.25, 0.3) is 0 Å². The molecule has 0 spiro atoms. The molecule has 0 bridgehead atoms. The normalized spacial score (nSPS) is 10.4. The first kappa shape index (κ1) is 14.6. The first-order chi connectivity index (χ1) is 9.58. The van der Waals surface area contributed by atoms with Gasteiger partial charge >= 0.3 is 5.97 Å². The molecule has 0 amide bonds. The predicted molar refractivity (Wildman–Crippen MR) is 78.5 cm³/mol. The van der Waals surface area contributed by atoms with Crippen molar-refractivity contribution in [2.45, 2.75) is 13.8 Å². The molecule has 1 aromatic heterocycles. The minimum atomic E-state index is -0.435. The number of nitrogens with zero attached hydrogens (tertiary/aromatic N) is 2. The molecule has 20 heavy (non-hydrogen) atoms. The summed E-state index contributed by atoms with van der Waals surface area (Å²) in [4.78, 5) is 11.8. The molecule has 0 saturated heterocycles. The second-order valence-corrected chi connectivity index (χ2v) is 4.87. The zero-order valence-electron chi connectivity index (χ0n) is 11.5. The molecule has 1 heterocycles. The van der Waals surface area contributed by atoms with Crippen LogP contribution in [0.5, 0.6) is 5.75 Å². The van der Waals surface area contributed by atoms with Crippen molar-refractivity contribution in [2.24, 2.45) is 0 Å². The molecule has 0 unspecified atom stereocenters. The summed E-state index contributed by atoms with van der Waals surface area (Å²) in [7, 11) is 1.61. The first-order valence-electron chi connectivity index (χ1n) is 6.15. The number of esters is 1. The summed E-state index contributed by atoms with van der Waals surface area (Å²) in [5, 5.41) is 4.31. The van der Waals surface area contributed by atoms with Crippen LogP contribution in [0.1, 0.15) is 23.1 Å². The van der Waals surface area contributed by atoms with E-state index in [0.717, 1.165) is 17.1 Å². The number of methoxy groups -OCH3 is 1. The fraction of sp³-hybridized carbons (Fsp3) is 0.286. The number of rotatable bonds is 4. The minimum absolute atomic E-state index is 0.278. The molecule has 0 N–H and O–H groups in total. The molecule has 0 saturated carbocycles. The Morgan fingerprint density at radius 3 is 2.55 bits per heavy atom. The Morgan fingerprint density at radius 2 is 2.00 bits per heavy atom. The number of aromatic nitrogens is 2. The van der Waals surface area contributed by atoms with Crippen molar-refractivity contribution in [3.8, 4) is 11.4 Å². The molecular weight excluding hydrogens is 324 g/mol. The number of carbonyl (C=O) groups is 1. The van der Waals surface area contributed by atoms with E-state index >= 15 is 0 Å². The number of hydrogen-bond donors (Lipinski definition) is 0. The standard InChI is InChI=1S/C14H15BrN2O3/c1-4-20-14(18)13-12(15)9(2)17(16-13)10-5-7-11(19-3)8-6-10/h5-8H,4H2,1-3H3. The van der Waals surface area contributed by atoms with Crippen LogP contribution in [0, 0.1) is 6.92 Å². The van der Waals surface area contributed by atoms with Crippen molar-refractivity contribution in [1.29, 1.82) is 0 Å². The lowest BCUT2D eigenvalue weighted by Crippen LogP contribution is -2.07. The van der Waals surface area contributed by atoms with Crippen LogP contribution in [0.2, 0.25) is 0 Å². The second-order valence-electron chi connectivity index (χ2n) is 4.08. The third kappa shape index (κ3) is 2.70. The smallest absolute Gasteiger partial charge is 0.360 e. The lowest BCUT2D eigenvalue weighted by Gasteiger charge is -2.05. The lowest BCUT2D eigenvalue weighted by atomic mass is 10.3. The molecule has 2 aromatic rings. The summed E-state index contributed by atoms with van der Waals surface area (Å²) in [6.07, 6.45) is 0. The summed E-state index contributed by atoms with van der Waals surface area (Å²) in [5.41, 5.74) is 1.96. The third-order valence-corrected chi connectivity index (χ3v) is 3.78. The van der Waals surface area contributed by atoms with Crippen LogP contribution in [0.25, 0.3) is 5.69 Å². The van der Waals surface area contributed by atoms with Crippen LogP contribution in [-0.4, -0.2) is 29.5 Å². The van der Waals surface area contributed by atoms with Crippen molar-refractivity contribution in [2.75, 3.05) is 13.7 Å². The Bertz CT molecular complexity index is 620. The molecule has 5 nitrogen and oxygen atoms in total. The number of carbonyl (C=O) groups excluding carboxylic acids is 1. The van der Waals surface area contributed by atoms with Crippen molar-refractivity contribution in [3.05, 3.63) is 40.1 Å². The molecule has 0 aliphatic rings. The van der Waals surface area contributed by atoms with Crippen LogP contribution in [0.3, 0.4) is 0 Å². The Hall–Kier alpha value is -1.82. The molecule has 0 atom stereocenters. The average molecular weight is 339 g/mol. The van der Waals surface area contributed by atoms with Crippen molar-refractivity contribution in [3.63, 3.8) is 0 Å². The molecule has 0 aliphatic heterocycles. The van der Waals surface area contributed by atoms with Gasteiger partial charge in [-0.3, -0.25) is 0 Å². The van der Waals surface area contributed by atoms with E-state index in [0.29, 0.717) is 11.1 Å². The topological polar surface area (TPSA) is 53.3 Å². The molecular formula is C14H15BrN2O3. The predicted octanol–water partition coefficient (Wildman–Crippen LogP) is 3.13. The van der Waals surface area contributed by atoms with Crippen molar-refractivity contribution in [1.82, 2.24) is 9.78 Å². The third-order valence-electron chi connectivity index (χ3n) is 2.83. The molecule has 1 aromatic carbocycles. The monoisotopic (exact) mass is 338 g/mol. The van der Waals surface area contributed by atoms with E-state index in [2.05, 4.69) is 21.0 Å². The molecule has 2 rings (SSSR count). The maximum Gasteiger partial charge on any atom is 0.360 e. The van der Waals surface area contributed by atoms with Gasteiger partial charge in [0.1, 0.15) is 5.75 Å². The van der Waals surface area contributed by atoms with Gasteiger partial charge in [0.15, 0.2) is 5.69 Å². The second kappa shape index (κ2) is 6.09. The van der Waals surface area contributed by atoms with Crippen LogP contribution in [0.15, 0.2) is 28.7 Å². The minimum Gasteiger partial charge on any atom is -0.497 e. The van der Waals surface area contributed by atoms with Gasteiger partial charge < -0.3 is 9.47 Å². The van der Waals surface area contributed by atoms with E-state index in [1.165, 1.54) is 0 Å². The van der Waals surface area contributed by atoms with Crippen molar-refractivity contribution >= 4 is 21.9 Å². The lowest BCUT2D eigenvalue weighted by molar-refractivity contribution is 0.0518. The average Bonchev–Trinajstić information content (AvgIpc) is 2.76. The Kier molecular flexibility index (Phi) is 4.44. The highest BCUT2D eigenvalue weighted by molar-refractivity contribution is 9.10. The highest BCUT2D eigenvalue weighted by Gasteiger charge is 2.20. The van der Waals surface area contributed by atoms with Gasteiger partial charge in [-0.2, -0.15) is 5.10 Å². The number of hydrogen-bond acceptors (Lipinski definition) is 4. The van der Waals surface area contributed by atoms with Gasteiger partial charge in [-0.1, -0.05) is 0 Å². The van der Waals surface area contributed by atoms with Crippen LogP contribution in [-0.2, 0) is 4.74 Å². The fourth-order valence-electron chi connectivity index (χ4n) is 1.79. The van der Waals surface area contributed by atoms with Gasteiger partial charge in [-0.05, 0) is 54.0 Å².